The van der Waals surface area contributed by atoms with Gasteiger partial charge in [-0.1, -0.05) is 38.5 Å². The van der Waals surface area contributed by atoms with Gasteiger partial charge in [0, 0.05) is 24.7 Å². The lowest BCUT2D eigenvalue weighted by molar-refractivity contribution is -0.149. The molecule has 1 amide bonds. The van der Waals surface area contributed by atoms with Crippen LogP contribution in [0.4, 0.5) is 4.39 Å². The van der Waals surface area contributed by atoms with E-state index in [1.54, 1.807) is 0 Å². The molecule has 3 aliphatic carbocycles. The second-order valence-electron chi connectivity index (χ2n) is 14.6. The Hall–Kier alpha value is -1.75. The fourth-order valence-electron chi connectivity index (χ4n) is 9.22. The Labute approximate surface area is 263 Å². The number of hydrogen-bond donors (Lipinski definition) is 5. The number of amides is 1. The van der Waals surface area contributed by atoms with Crippen molar-refractivity contribution in [3.63, 3.8) is 0 Å². The van der Waals surface area contributed by atoms with Crippen LogP contribution in [0, 0.1) is 23.2 Å². The molecule has 0 aromatic heterocycles. The Bertz CT molecular complexity index is 975. The first-order chi connectivity index (χ1) is 21.3. The normalized spacial score (nSPS) is 35.4. The largest absolute Gasteiger partial charge is 0.469 e. The lowest BCUT2D eigenvalue weighted by atomic mass is 9.65. The highest BCUT2D eigenvalue weighted by Crippen LogP contribution is 2.46. The highest BCUT2D eigenvalue weighted by molar-refractivity contribution is 5.80. The van der Waals surface area contributed by atoms with Gasteiger partial charge in [0.15, 0.2) is 0 Å². The molecule has 44 heavy (non-hydrogen) atoms. The van der Waals surface area contributed by atoms with Gasteiger partial charge < -0.3 is 36.9 Å². The van der Waals surface area contributed by atoms with E-state index in [1.807, 2.05) is 0 Å². The van der Waals surface area contributed by atoms with E-state index >= 15 is 0 Å². The summed E-state index contributed by atoms with van der Waals surface area (Å²) < 4.78 is 26.6. The molecule has 4 fully saturated rings. The summed E-state index contributed by atoms with van der Waals surface area (Å²) in [5.74, 6) is -0.787. The van der Waals surface area contributed by atoms with E-state index < -0.39 is 12.1 Å². The van der Waals surface area contributed by atoms with Crippen LogP contribution >= 0.6 is 0 Å². The van der Waals surface area contributed by atoms with Crippen molar-refractivity contribution in [2.24, 2.45) is 34.6 Å². The Kier molecular flexibility index (Phi) is 12.0. The summed E-state index contributed by atoms with van der Waals surface area (Å²) in [6.07, 6.45) is 17.9. The molecular weight excluding hydrogens is 561 g/mol. The predicted molar refractivity (Wildman–Crippen MR) is 169 cm³/mol. The number of ether oxygens (including phenoxy) is 2. The Morgan fingerprint density at radius 1 is 0.977 bits per heavy atom. The number of hydrogen-bond acceptors (Lipinski definition) is 8. The first-order valence-electron chi connectivity index (χ1n) is 17.7. The number of nitrogens with one attached hydrogen (secondary N) is 3. The monoisotopic (exact) mass is 619 g/mol. The van der Waals surface area contributed by atoms with Crippen molar-refractivity contribution in [1.82, 2.24) is 16.0 Å². The quantitative estimate of drug-likeness (QED) is 0.200. The van der Waals surface area contributed by atoms with Crippen LogP contribution in [-0.2, 0) is 19.1 Å². The standard InChI is InChI=1S/C34H58FN5O4/c1-43-33(42)23-10-12-25(13-11-23)44-27-15-19-38-29(22-8-4-2-5-9-22)30(27)40-32(41)28(31(36)37)26-20-34(16-6-3-7-17-34)18-14-24(35)21-39-26/h21-23,25-31,38-39H,2-20,36-37H2,1H3,(H,40,41)/b24-21+. The van der Waals surface area contributed by atoms with Gasteiger partial charge in [0.2, 0.25) is 5.91 Å². The van der Waals surface area contributed by atoms with Crippen LogP contribution in [0.25, 0.3) is 0 Å². The van der Waals surface area contributed by atoms with Crippen LogP contribution in [0.2, 0.25) is 0 Å². The smallest absolute Gasteiger partial charge is 0.308 e. The maximum absolute atomic E-state index is 14.8. The van der Waals surface area contributed by atoms with E-state index in [-0.39, 0.29) is 59.4 Å². The second-order valence-corrected chi connectivity index (χ2v) is 14.6. The summed E-state index contributed by atoms with van der Waals surface area (Å²) in [5.41, 5.74) is 12.8. The number of nitrogens with two attached hydrogens (primary N) is 2. The second kappa shape index (κ2) is 15.7. The van der Waals surface area contributed by atoms with Gasteiger partial charge in [0.05, 0.1) is 43.4 Å². The topological polar surface area (TPSA) is 141 Å². The van der Waals surface area contributed by atoms with Crippen LogP contribution in [0.5, 0.6) is 0 Å². The number of halogens is 1. The average Bonchev–Trinajstić information content (AvgIpc) is 3.03. The van der Waals surface area contributed by atoms with E-state index in [0.717, 1.165) is 90.0 Å². The van der Waals surface area contributed by atoms with Gasteiger partial charge in [-0.25, -0.2) is 4.39 Å². The predicted octanol–water partition coefficient (Wildman–Crippen LogP) is 4.29. The number of allylic oxidation sites excluding steroid dienone is 1. The molecule has 3 saturated carbocycles. The molecule has 7 N–H and O–H groups in total. The highest BCUT2D eigenvalue weighted by atomic mass is 19.1. The lowest BCUT2D eigenvalue weighted by Crippen LogP contribution is -2.66. The van der Waals surface area contributed by atoms with Crippen LogP contribution < -0.4 is 27.4 Å². The summed E-state index contributed by atoms with van der Waals surface area (Å²) in [6.45, 7) is 0.840. The molecule has 5 rings (SSSR count). The zero-order chi connectivity index (χ0) is 31.1. The molecule has 2 aliphatic heterocycles. The van der Waals surface area contributed by atoms with Crippen molar-refractivity contribution in [3.05, 3.63) is 12.0 Å². The molecule has 1 spiro atoms. The van der Waals surface area contributed by atoms with Crippen LogP contribution in [0.3, 0.4) is 0 Å². The minimum atomic E-state index is -0.887. The zero-order valence-electron chi connectivity index (χ0n) is 26.9. The van der Waals surface area contributed by atoms with Crippen molar-refractivity contribution < 1.29 is 23.5 Å². The third kappa shape index (κ3) is 8.34. The van der Waals surface area contributed by atoms with Crippen molar-refractivity contribution in [1.29, 1.82) is 0 Å². The van der Waals surface area contributed by atoms with Crippen LogP contribution in [0.15, 0.2) is 12.0 Å². The number of rotatable bonds is 8. The van der Waals surface area contributed by atoms with Gasteiger partial charge in [-0.3, -0.25) is 9.59 Å². The third-order valence-electron chi connectivity index (χ3n) is 11.7. The zero-order valence-corrected chi connectivity index (χ0v) is 26.9. The van der Waals surface area contributed by atoms with Gasteiger partial charge >= 0.3 is 5.97 Å². The summed E-state index contributed by atoms with van der Waals surface area (Å²) in [7, 11) is 1.45. The first kappa shape index (κ1) is 33.6. The molecule has 2 heterocycles. The van der Waals surface area contributed by atoms with E-state index in [4.69, 9.17) is 20.9 Å². The maximum atomic E-state index is 14.8. The SMILES string of the molecule is COC(=O)C1CCC(OC2CCNC(C3CCCCC3)C2NC(=O)C(C(N)N)C2CC3(CCCCC3)CC/C(F)=C\N2)CC1. The van der Waals surface area contributed by atoms with Crippen molar-refractivity contribution in [2.75, 3.05) is 13.7 Å². The van der Waals surface area contributed by atoms with Gasteiger partial charge in [0.1, 0.15) is 5.83 Å². The summed E-state index contributed by atoms with van der Waals surface area (Å²) in [4.78, 5) is 26.5. The van der Waals surface area contributed by atoms with Crippen molar-refractivity contribution >= 4 is 11.9 Å². The molecule has 5 atom stereocenters. The van der Waals surface area contributed by atoms with Gasteiger partial charge in [-0.2, -0.15) is 0 Å². The van der Waals surface area contributed by atoms with Gasteiger partial charge in [-0.15, -0.1) is 0 Å². The summed E-state index contributed by atoms with van der Waals surface area (Å²) >= 11 is 0. The molecule has 9 nitrogen and oxygen atoms in total. The maximum Gasteiger partial charge on any atom is 0.308 e. The highest BCUT2D eigenvalue weighted by Gasteiger charge is 2.45. The van der Waals surface area contributed by atoms with E-state index in [1.165, 1.54) is 39.0 Å². The lowest BCUT2D eigenvalue weighted by Gasteiger charge is -2.46. The molecular formula is C34H58FN5O4. The summed E-state index contributed by atoms with van der Waals surface area (Å²) in [5, 5.41) is 10.5. The molecule has 0 aromatic carbocycles. The van der Waals surface area contributed by atoms with E-state index in [9.17, 15) is 14.0 Å². The van der Waals surface area contributed by atoms with E-state index in [2.05, 4.69) is 16.0 Å². The average molecular weight is 620 g/mol. The Morgan fingerprint density at radius 3 is 2.36 bits per heavy atom. The minimum absolute atomic E-state index is 0.000645. The van der Waals surface area contributed by atoms with Crippen molar-refractivity contribution in [2.45, 2.75) is 152 Å². The molecule has 0 radical (unpaired) electrons. The number of methoxy groups -OCH3 is 1. The fraction of sp³-hybridized carbons (Fsp3) is 0.882. The molecule has 1 saturated heterocycles. The fourth-order valence-corrected chi connectivity index (χ4v) is 9.22. The summed E-state index contributed by atoms with van der Waals surface area (Å²) in [6, 6.07) is -0.466. The van der Waals surface area contributed by atoms with Gasteiger partial charge in [0.25, 0.3) is 0 Å². The van der Waals surface area contributed by atoms with E-state index in [0.29, 0.717) is 12.3 Å². The van der Waals surface area contributed by atoms with Crippen molar-refractivity contribution in [3.8, 4) is 0 Å². The molecule has 5 unspecified atom stereocenters. The third-order valence-corrected chi connectivity index (χ3v) is 11.7. The molecule has 250 valence electrons. The first-order valence-corrected chi connectivity index (χ1v) is 17.7. The minimum Gasteiger partial charge on any atom is -0.469 e. The van der Waals surface area contributed by atoms with Gasteiger partial charge in [-0.05, 0) is 88.5 Å². The van der Waals surface area contributed by atoms with Crippen LogP contribution in [-0.4, -0.2) is 62.0 Å². The number of esters is 1. The van der Waals surface area contributed by atoms with Crippen LogP contribution in [0.1, 0.15) is 116 Å². The Balaban J connectivity index is 1.34. The molecule has 5 aliphatic rings. The molecule has 0 bridgehead atoms. The number of carbonyl (C=O) groups is 2. The Morgan fingerprint density at radius 2 is 1.68 bits per heavy atom. The molecule has 0 aromatic rings. The molecule has 10 heteroatoms. The number of piperidine rings is 1. The number of carbonyl (C=O) groups excluding carboxylic acids is 2.